The number of carbonyl (C=O) groups excluding carboxylic acids is 2. The molecule has 132 valence electrons. The molecule has 2 aromatic carbocycles. The molecule has 3 rings (SSSR count). The lowest BCUT2D eigenvalue weighted by Gasteiger charge is -2.07. The fourth-order valence-corrected chi connectivity index (χ4v) is 2.22. The van der Waals surface area contributed by atoms with Crippen molar-refractivity contribution >= 4 is 17.6 Å². The quantitative estimate of drug-likeness (QED) is 0.657. The Labute approximate surface area is 150 Å². The molecule has 1 amide bonds. The highest BCUT2D eigenvalue weighted by molar-refractivity contribution is 5.94. The highest BCUT2D eigenvalue weighted by Gasteiger charge is 2.18. The Morgan fingerprint density at radius 3 is 2.35 bits per heavy atom. The van der Waals surface area contributed by atoms with Crippen molar-refractivity contribution in [2.75, 3.05) is 11.9 Å². The monoisotopic (exact) mass is 351 g/mol. The van der Waals surface area contributed by atoms with Gasteiger partial charge in [0.05, 0.1) is 6.26 Å². The third-order valence-electron chi connectivity index (χ3n) is 3.46. The number of hydrogen-bond donors (Lipinski definition) is 1. The van der Waals surface area contributed by atoms with E-state index in [0.29, 0.717) is 17.0 Å². The summed E-state index contributed by atoms with van der Waals surface area (Å²) < 4.78 is 15.8. The van der Waals surface area contributed by atoms with Crippen molar-refractivity contribution < 1.29 is 23.5 Å². The van der Waals surface area contributed by atoms with Gasteiger partial charge < -0.3 is 19.2 Å². The number of rotatable bonds is 7. The van der Waals surface area contributed by atoms with E-state index in [1.54, 1.807) is 30.3 Å². The fourth-order valence-electron chi connectivity index (χ4n) is 2.22. The molecule has 1 N–H and O–H groups in total. The van der Waals surface area contributed by atoms with E-state index in [-0.39, 0.29) is 12.4 Å². The summed E-state index contributed by atoms with van der Waals surface area (Å²) in [5.74, 6) is -0.452. The molecule has 6 heteroatoms. The predicted octanol–water partition coefficient (Wildman–Crippen LogP) is 3.65. The summed E-state index contributed by atoms with van der Waals surface area (Å²) in [5.41, 5.74) is 1.17. The minimum absolute atomic E-state index is 0.0217. The number of hydrogen-bond acceptors (Lipinski definition) is 5. The summed E-state index contributed by atoms with van der Waals surface area (Å²) in [6.07, 6.45) is 1.38. The third kappa shape index (κ3) is 4.73. The first-order valence-electron chi connectivity index (χ1n) is 7.98. The van der Waals surface area contributed by atoms with Crippen LogP contribution in [0.15, 0.2) is 77.4 Å². The van der Waals surface area contributed by atoms with Crippen molar-refractivity contribution in [2.45, 2.75) is 6.61 Å². The molecule has 0 atom stereocenters. The topological polar surface area (TPSA) is 77.8 Å². The number of furan rings is 1. The molecule has 1 aromatic heterocycles. The van der Waals surface area contributed by atoms with E-state index in [1.807, 2.05) is 36.4 Å². The van der Waals surface area contributed by atoms with Crippen LogP contribution in [0.4, 0.5) is 5.69 Å². The zero-order valence-corrected chi connectivity index (χ0v) is 13.9. The average Bonchev–Trinajstić information content (AvgIpc) is 3.15. The number of benzene rings is 2. The summed E-state index contributed by atoms with van der Waals surface area (Å²) in [4.78, 5) is 24.0. The minimum Gasteiger partial charge on any atom is -0.489 e. The molecule has 0 bridgehead atoms. The smallest absolute Gasteiger partial charge is 0.375 e. The van der Waals surface area contributed by atoms with E-state index in [0.717, 1.165) is 0 Å². The number of para-hydroxylation sites is 2. The molecule has 0 spiro atoms. The number of ether oxygens (including phenoxy) is 2. The van der Waals surface area contributed by atoms with Gasteiger partial charge >= 0.3 is 5.97 Å². The van der Waals surface area contributed by atoms with Crippen LogP contribution in [0.3, 0.4) is 0 Å². The number of nitrogens with one attached hydrogen (secondary N) is 1. The van der Waals surface area contributed by atoms with Gasteiger partial charge in [-0.2, -0.15) is 0 Å². The second-order valence-corrected chi connectivity index (χ2v) is 5.37. The van der Waals surface area contributed by atoms with Crippen molar-refractivity contribution in [3.63, 3.8) is 0 Å². The van der Waals surface area contributed by atoms with E-state index >= 15 is 0 Å². The Balaban J connectivity index is 1.52. The molecule has 6 nitrogen and oxygen atoms in total. The first-order valence-corrected chi connectivity index (χ1v) is 7.98. The molecule has 0 fully saturated rings. The van der Waals surface area contributed by atoms with Crippen LogP contribution < -0.4 is 10.1 Å². The second-order valence-electron chi connectivity index (χ2n) is 5.37. The molecule has 0 aliphatic rings. The van der Waals surface area contributed by atoms with Crippen molar-refractivity contribution in [3.8, 4) is 5.75 Å². The number of carbonyl (C=O) groups is 2. The predicted molar refractivity (Wildman–Crippen MR) is 94.8 cm³/mol. The Morgan fingerprint density at radius 1 is 0.923 bits per heavy atom. The lowest BCUT2D eigenvalue weighted by molar-refractivity contribution is -0.119. The molecule has 1 heterocycles. The summed E-state index contributed by atoms with van der Waals surface area (Å²) in [6.45, 7) is -0.255. The van der Waals surface area contributed by atoms with Gasteiger partial charge in [0.2, 0.25) is 5.76 Å². The number of anilines is 1. The summed E-state index contributed by atoms with van der Waals surface area (Å²) >= 11 is 0. The van der Waals surface area contributed by atoms with Crippen molar-refractivity contribution in [1.82, 2.24) is 0 Å². The van der Waals surface area contributed by atoms with Crippen LogP contribution in [0.5, 0.6) is 5.75 Å². The molecule has 0 saturated heterocycles. The van der Waals surface area contributed by atoms with E-state index < -0.39 is 18.5 Å². The van der Waals surface area contributed by atoms with Crippen LogP contribution in [-0.2, 0) is 16.1 Å². The number of esters is 1. The molecular formula is C20H17NO5. The highest BCUT2D eigenvalue weighted by Crippen LogP contribution is 2.16. The lowest BCUT2D eigenvalue weighted by Crippen LogP contribution is -2.21. The van der Waals surface area contributed by atoms with Crippen LogP contribution in [0.2, 0.25) is 0 Å². The van der Waals surface area contributed by atoms with E-state index in [9.17, 15) is 9.59 Å². The summed E-state index contributed by atoms with van der Waals surface area (Å²) in [6, 6.07) is 19.8. The molecule has 0 saturated carbocycles. The van der Waals surface area contributed by atoms with Gasteiger partial charge in [-0.1, -0.05) is 36.4 Å². The molecule has 0 aliphatic heterocycles. The first-order chi connectivity index (χ1) is 12.7. The molecule has 3 aromatic rings. The Kier molecular flexibility index (Phi) is 5.67. The SMILES string of the molecule is O=C(COC(=O)c1occc1COc1ccccc1)Nc1ccccc1. The van der Waals surface area contributed by atoms with Crippen LogP contribution in [0.1, 0.15) is 16.1 Å². The Bertz CT molecular complexity index is 858. The van der Waals surface area contributed by atoms with Crippen LogP contribution in [0.25, 0.3) is 0 Å². The van der Waals surface area contributed by atoms with Gasteiger partial charge in [0.25, 0.3) is 5.91 Å². The number of amides is 1. The third-order valence-corrected chi connectivity index (χ3v) is 3.46. The van der Waals surface area contributed by atoms with Gasteiger partial charge in [-0.15, -0.1) is 0 Å². The zero-order valence-electron chi connectivity index (χ0n) is 13.9. The molecule has 0 unspecified atom stereocenters. The second kappa shape index (κ2) is 8.53. The van der Waals surface area contributed by atoms with Gasteiger partial charge in [0.15, 0.2) is 6.61 Å². The normalized spacial score (nSPS) is 10.2. The molecule has 0 radical (unpaired) electrons. The van der Waals surface area contributed by atoms with Crippen LogP contribution >= 0.6 is 0 Å². The minimum atomic E-state index is -0.718. The summed E-state index contributed by atoms with van der Waals surface area (Å²) in [5, 5.41) is 2.63. The maximum atomic E-state index is 12.1. The molecular weight excluding hydrogens is 334 g/mol. The maximum absolute atomic E-state index is 12.1. The lowest BCUT2D eigenvalue weighted by atomic mass is 10.2. The molecule has 0 aliphatic carbocycles. The van der Waals surface area contributed by atoms with Crippen LogP contribution in [-0.4, -0.2) is 18.5 Å². The van der Waals surface area contributed by atoms with E-state index in [4.69, 9.17) is 13.9 Å². The standard InChI is InChI=1S/C20H17NO5/c22-18(21-16-7-3-1-4-8-16)14-26-20(23)19-15(11-12-24-19)13-25-17-9-5-2-6-10-17/h1-12H,13-14H2,(H,21,22). The zero-order chi connectivity index (χ0) is 18.2. The average molecular weight is 351 g/mol. The van der Waals surface area contributed by atoms with Crippen molar-refractivity contribution in [1.29, 1.82) is 0 Å². The largest absolute Gasteiger partial charge is 0.489 e. The van der Waals surface area contributed by atoms with E-state index in [2.05, 4.69) is 5.32 Å². The maximum Gasteiger partial charge on any atom is 0.375 e. The van der Waals surface area contributed by atoms with Crippen LogP contribution in [0, 0.1) is 0 Å². The first kappa shape index (κ1) is 17.3. The Hall–Kier alpha value is -3.54. The van der Waals surface area contributed by atoms with E-state index in [1.165, 1.54) is 6.26 Å². The van der Waals surface area contributed by atoms with Gasteiger partial charge in [0.1, 0.15) is 12.4 Å². The molecule has 26 heavy (non-hydrogen) atoms. The van der Waals surface area contributed by atoms with Gasteiger partial charge in [-0.25, -0.2) is 4.79 Å². The fraction of sp³-hybridized carbons (Fsp3) is 0.100. The van der Waals surface area contributed by atoms with Crippen molar-refractivity contribution in [3.05, 3.63) is 84.3 Å². The van der Waals surface area contributed by atoms with Gasteiger partial charge in [-0.05, 0) is 30.3 Å². The van der Waals surface area contributed by atoms with Gasteiger partial charge in [0, 0.05) is 11.3 Å². The van der Waals surface area contributed by atoms with Crippen molar-refractivity contribution in [2.24, 2.45) is 0 Å². The summed E-state index contributed by atoms with van der Waals surface area (Å²) in [7, 11) is 0. The van der Waals surface area contributed by atoms with Gasteiger partial charge in [-0.3, -0.25) is 4.79 Å². The highest BCUT2D eigenvalue weighted by atomic mass is 16.5. The Morgan fingerprint density at radius 2 is 1.62 bits per heavy atom.